The Morgan fingerprint density at radius 2 is 1.90 bits per heavy atom. The average molecular weight is 275 g/mol. The monoisotopic (exact) mass is 275 g/mol. The lowest BCUT2D eigenvalue weighted by Gasteiger charge is -2.24. The van der Waals surface area contributed by atoms with Crippen LogP contribution >= 0.6 is 0 Å². The molecule has 1 aliphatic carbocycles. The number of hydrogen-bond acceptors (Lipinski definition) is 2. The van der Waals surface area contributed by atoms with Crippen molar-refractivity contribution in [1.29, 1.82) is 0 Å². The molecule has 0 aromatic heterocycles. The molecule has 0 saturated heterocycles. The first-order valence-corrected chi connectivity index (χ1v) is 7.03. The van der Waals surface area contributed by atoms with Gasteiger partial charge in [0.15, 0.2) is 0 Å². The molecule has 0 aliphatic heterocycles. The smallest absolute Gasteiger partial charge is 0.307 e. The van der Waals surface area contributed by atoms with Crippen LogP contribution in [-0.4, -0.2) is 28.9 Å². The quantitative estimate of drug-likeness (QED) is 0.918. The number of nitrogens with zero attached hydrogens (tertiary/aromatic N) is 1. The summed E-state index contributed by atoms with van der Waals surface area (Å²) < 4.78 is 0. The van der Waals surface area contributed by atoms with Gasteiger partial charge in [0, 0.05) is 13.6 Å². The topological polar surface area (TPSA) is 57.6 Å². The summed E-state index contributed by atoms with van der Waals surface area (Å²) in [6.07, 6.45) is 2.13. The fraction of sp³-hybridized carbons (Fsp3) is 0.500. The minimum Gasteiger partial charge on any atom is -0.481 e. The normalized spacial score (nSPS) is 21.7. The van der Waals surface area contributed by atoms with Crippen LogP contribution in [0.2, 0.25) is 0 Å². The fourth-order valence-corrected chi connectivity index (χ4v) is 2.96. The Bertz CT molecular complexity index is 512. The van der Waals surface area contributed by atoms with Gasteiger partial charge in [0.05, 0.1) is 11.8 Å². The molecule has 2 unspecified atom stereocenters. The summed E-state index contributed by atoms with van der Waals surface area (Å²) in [5.41, 5.74) is 2.25. The van der Waals surface area contributed by atoms with Crippen molar-refractivity contribution in [2.45, 2.75) is 32.7 Å². The average Bonchev–Trinajstić information content (AvgIpc) is 2.89. The van der Waals surface area contributed by atoms with Gasteiger partial charge in [-0.1, -0.05) is 30.7 Å². The van der Waals surface area contributed by atoms with E-state index in [-0.39, 0.29) is 11.8 Å². The van der Waals surface area contributed by atoms with Crippen LogP contribution in [-0.2, 0) is 16.1 Å². The molecule has 108 valence electrons. The Morgan fingerprint density at radius 1 is 1.25 bits per heavy atom. The Labute approximate surface area is 119 Å². The summed E-state index contributed by atoms with van der Waals surface area (Å²) in [6.45, 7) is 2.55. The molecule has 1 fully saturated rings. The van der Waals surface area contributed by atoms with Gasteiger partial charge in [0.25, 0.3) is 0 Å². The van der Waals surface area contributed by atoms with E-state index in [1.54, 1.807) is 11.9 Å². The molecular formula is C16H21NO3. The molecule has 1 aromatic rings. The van der Waals surface area contributed by atoms with E-state index in [1.165, 1.54) is 0 Å². The van der Waals surface area contributed by atoms with Crippen molar-refractivity contribution >= 4 is 11.9 Å². The molecule has 1 saturated carbocycles. The van der Waals surface area contributed by atoms with Gasteiger partial charge in [-0.25, -0.2) is 0 Å². The molecule has 1 aromatic carbocycles. The molecule has 2 rings (SSSR count). The Hall–Kier alpha value is -1.84. The van der Waals surface area contributed by atoms with Gasteiger partial charge in [-0.2, -0.15) is 0 Å². The van der Waals surface area contributed by atoms with Crippen LogP contribution in [0.15, 0.2) is 24.3 Å². The van der Waals surface area contributed by atoms with Gasteiger partial charge in [-0.05, 0) is 30.9 Å². The number of aliphatic carboxylic acids is 1. The number of aryl methyl sites for hydroxylation is 1. The number of benzene rings is 1. The summed E-state index contributed by atoms with van der Waals surface area (Å²) in [7, 11) is 1.76. The summed E-state index contributed by atoms with van der Waals surface area (Å²) in [5.74, 6) is -1.76. The summed E-state index contributed by atoms with van der Waals surface area (Å²) in [6, 6.07) is 7.94. The number of hydrogen-bond donors (Lipinski definition) is 1. The molecule has 20 heavy (non-hydrogen) atoms. The summed E-state index contributed by atoms with van der Waals surface area (Å²) in [4.78, 5) is 25.3. The van der Waals surface area contributed by atoms with Gasteiger partial charge in [0.1, 0.15) is 0 Å². The Morgan fingerprint density at radius 3 is 2.55 bits per heavy atom. The third-order valence-electron chi connectivity index (χ3n) is 4.20. The summed E-state index contributed by atoms with van der Waals surface area (Å²) >= 11 is 0. The zero-order valence-electron chi connectivity index (χ0n) is 12.0. The minimum absolute atomic E-state index is 0.0434. The van der Waals surface area contributed by atoms with E-state index >= 15 is 0 Å². The second kappa shape index (κ2) is 6.07. The number of carbonyl (C=O) groups is 2. The van der Waals surface area contributed by atoms with E-state index in [0.29, 0.717) is 19.4 Å². The second-order valence-corrected chi connectivity index (χ2v) is 5.60. The van der Waals surface area contributed by atoms with Crippen molar-refractivity contribution in [2.24, 2.45) is 11.8 Å². The van der Waals surface area contributed by atoms with Gasteiger partial charge in [-0.15, -0.1) is 0 Å². The maximum atomic E-state index is 12.4. The van der Waals surface area contributed by atoms with Gasteiger partial charge < -0.3 is 10.0 Å². The molecule has 1 amide bonds. The van der Waals surface area contributed by atoms with Crippen LogP contribution in [0.1, 0.15) is 30.4 Å². The Kier molecular flexibility index (Phi) is 4.42. The highest BCUT2D eigenvalue weighted by molar-refractivity contribution is 5.85. The molecule has 0 heterocycles. The zero-order chi connectivity index (χ0) is 14.7. The van der Waals surface area contributed by atoms with Crippen LogP contribution in [0, 0.1) is 18.8 Å². The van der Waals surface area contributed by atoms with E-state index in [1.807, 2.05) is 31.2 Å². The van der Waals surface area contributed by atoms with Crippen LogP contribution in [0.3, 0.4) is 0 Å². The second-order valence-electron chi connectivity index (χ2n) is 5.60. The highest BCUT2D eigenvalue weighted by Crippen LogP contribution is 2.33. The maximum Gasteiger partial charge on any atom is 0.307 e. The molecular weight excluding hydrogens is 254 g/mol. The lowest BCUT2D eigenvalue weighted by Crippen LogP contribution is -2.36. The first-order valence-electron chi connectivity index (χ1n) is 7.03. The fourth-order valence-electron chi connectivity index (χ4n) is 2.96. The van der Waals surface area contributed by atoms with E-state index in [9.17, 15) is 14.7 Å². The zero-order valence-corrected chi connectivity index (χ0v) is 12.0. The predicted octanol–water partition coefficient (Wildman–Crippen LogP) is 2.45. The highest BCUT2D eigenvalue weighted by atomic mass is 16.4. The third kappa shape index (κ3) is 3.00. The maximum absolute atomic E-state index is 12.4. The number of carboxylic acids is 1. The van der Waals surface area contributed by atoms with Crippen molar-refractivity contribution in [2.75, 3.05) is 7.05 Å². The van der Waals surface area contributed by atoms with Crippen molar-refractivity contribution in [3.8, 4) is 0 Å². The van der Waals surface area contributed by atoms with Crippen molar-refractivity contribution < 1.29 is 14.7 Å². The standard InChI is InChI=1S/C16H21NO3/c1-11-6-3-4-7-12(11)10-17(2)15(18)13-8-5-9-14(13)16(19)20/h3-4,6-7,13-14H,5,8-10H2,1-2H3,(H,19,20). The molecule has 0 spiro atoms. The van der Waals surface area contributed by atoms with Gasteiger partial charge in [0.2, 0.25) is 5.91 Å². The van der Waals surface area contributed by atoms with E-state index in [4.69, 9.17) is 0 Å². The Balaban J connectivity index is 2.05. The SMILES string of the molecule is Cc1ccccc1CN(C)C(=O)C1CCCC1C(=O)O. The molecule has 0 radical (unpaired) electrons. The first kappa shape index (κ1) is 14.6. The van der Waals surface area contributed by atoms with E-state index in [0.717, 1.165) is 17.5 Å². The molecule has 2 atom stereocenters. The van der Waals surface area contributed by atoms with Crippen LogP contribution in [0.25, 0.3) is 0 Å². The largest absolute Gasteiger partial charge is 0.481 e. The molecule has 0 bridgehead atoms. The van der Waals surface area contributed by atoms with Crippen molar-refractivity contribution in [3.63, 3.8) is 0 Å². The van der Waals surface area contributed by atoms with Crippen LogP contribution < -0.4 is 0 Å². The van der Waals surface area contributed by atoms with Gasteiger partial charge >= 0.3 is 5.97 Å². The summed E-state index contributed by atoms with van der Waals surface area (Å²) in [5, 5.41) is 9.18. The first-order chi connectivity index (χ1) is 9.50. The molecule has 4 nitrogen and oxygen atoms in total. The van der Waals surface area contributed by atoms with Crippen LogP contribution in [0.4, 0.5) is 0 Å². The highest BCUT2D eigenvalue weighted by Gasteiger charge is 2.38. The minimum atomic E-state index is -0.842. The predicted molar refractivity (Wildman–Crippen MR) is 76.1 cm³/mol. The third-order valence-corrected chi connectivity index (χ3v) is 4.20. The number of carbonyl (C=O) groups excluding carboxylic acids is 1. The van der Waals surface area contributed by atoms with Crippen LogP contribution in [0.5, 0.6) is 0 Å². The number of carboxylic acid groups (broad SMARTS) is 1. The number of rotatable bonds is 4. The molecule has 4 heteroatoms. The van der Waals surface area contributed by atoms with Crippen molar-refractivity contribution in [1.82, 2.24) is 4.90 Å². The van der Waals surface area contributed by atoms with E-state index < -0.39 is 11.9 Å². The lowest BCUT2D eigenvalue weighted by molar-refractivity contribution is -0.148. The number of amides is 1. The molecule has 1 aliphatic rings. The van der Waals surface area contributed by atoms with Crippen molar-refractivity contribution in [3.05, 3.63) is 35.4 Å². The lowest BCUT2D eigenvalue weighted by atomic mass is 9.94. The molecule has 1 N–H and O–H groups in total. The van der Waals surface area contributed by atoms with E-state index in [2.05, 4.69) is 0 Å². The van der Waals surface area contributed by atoms with Gasteiger partial charge in [-0.3, -0.25) is 9.59 Å².